The van der Waals surface area contributed by atoms with Gasteiger partial charge in [-0.15, -0.1) is 0 Å². The Morgan fingerprint density at radius 3 is 2.53 bits per heavy atom. The van der Waals surface area contributed by atoms with Crippen molar-refractivity contribution in [1.29, 1.82) is 0 Å². The van der Waals surface area contributed by atoms with E-state index in [0.717, 1.165) is 38.8 Å². The average Bonchev–Trinajstić information content (AvgIpc) is 2.28. The van der Waals surface area contributed by atoms with Crippen LogP contribution in [-0.4, -0.2) is 86.6 Å². The van der Waals surface area contributed by atoms with Gasteiger partial charge in [-0.3, -0.25) is 14.6 Å². The van der Waals surface area contributed by atoms with E-state index in [9.17, 15) is 4.79 Å². The highest BCUT2D eigenvalue weighted by Gasteiger charge is 2.32. The molecule has 2 fully saturated rings. The fourth-order valence-electron chi connectivity index (χ4n) is 2.48. The van der Waals surface area contributed by atoms with E-state index in [1.165, 1.54) is 13.1 Å². The zero-order chi connectivity index (χ0) is 12.3. The number of amides is 1. The van der Waals surface area contributed by atoms with Crippen LogP contribution in [0.4, 0.5) is 0 Å². The van der Waals surface area contributed by atoms with Crippen molar-refractivity contribution in [2.75, 3.05) is 59.9 Å². The quantitative estimate of drug-likeness (QED) is 0.688. The Labute approximate surface area is 104 Å². The second-order valence-corrected chi connectivity index (χ2v) is 5.24. The van der Waals surface area contributed by atoms with Gasteiger partial charge in [-0.25, -0.2) is 0 Å². The number of rotatable bonds is 4. The van der Waals surface area contributed by atoms with Gasteiger partial charge in [0.15, 0.2) is 0 Å². The molecule has 5 heteroatoms. The number of nitrogens with zero attached hydrogens (tertiary/aromatic N) is 3. The number of likely N-dealkylation sites (tertiary alicyclic amines) is 1. The van der Waals surface area contributed by atoms with Crippen LogP contribution in [0.2, 0.25) is 0 Å². The predicted octanol–water partition coefficient (Wildman–Crippen LogP) is -0.946. The molecule has 0 aromatic carbocycles. The molecule has 0 saturated carbocycles. The normalized spacial score (nSPS) is 23.4. The van der Waals surface area contributed by atoms with Crippen LogP contribution in [0.25, 0.3) is 0 Å². The van der Waals surface area contributed by atoms with Crippen LogP contribution in [0.3, 0.4) is 0 Å². The number of hydrogen-bond donors (Lipinski definition) is 1. The Bertz CT molecular complexity index is 257. The highest BCUT2D eigenvalue weighted by atomic mass is 16.2. The first kappa shape index (κ1) is 12.8. The molecule has 2 aliphatic heterocycles. The van der Waals surface area contributed by atoms with E-state index in [-0.39, 0.29) is 5.91 Å². The van der Waals surface area contributed by atoms with E-state index in [1.807, 2.05) is 14.1 Å². The van der Waals surface area contributed by atoms with Crippen LogP contribution < -0.4 is 5.32 Å². The lowest BCUT2D eigenvalue weighted by Gasteiger charge is -2.46. The van der Waals surface area contributed by atoms with Crippen LogP contribution in [0.15, 0.2) is 0 Å². The zero-order valence-corrected chi connectivity index (χ0v) is 11.0. The van der Waals surface area contributed by atoms with Crippen molar-refractivity contribution in [3.8, 4) is 0 Å². The fourth-order valence-corrected chi connectivity index (χ4v) is 2.48. The van der Waals surface area contributed by atoms with E-state index in [2.05, 4.69) is 15.1 Å². The molecule has 17 heavy (non-hydrogen) atoms. The molecule has 0 radical (unpaired) electrons. The van der Waals surface area contributed by atoms with Crippen molar-refractivity contribution in [2.24, 2.45) is 0 Å². The first-order valence-electron chi connectivity index (χ1n) is 6.54. The average molecular weight is 240 g/mol. The molecular weight excluding hydrogens is 216 g/mol. The minimum Gasteiger partial charge on any atom is -0.349 e. The standard InChI is InChI=1S/C12H24N4O/c1-14(2)12(17)3-6-15-9-11(10-15)16-7-4-13-5-8-16/h11,13H,3-10H2,1-2H3. The molecule has 0 aromatic heterocycles. The Hall–Kier alpha value is -0.650. The van der Waals surface area contributed by atoms with Crippen molar-refractivity contribution in [1.82, 2.24) is 20.0 Å². The molecule has 98 valence electrons. The SMILES string of the molecule is CN(C)C(=O)CCN1CC(N2CCNCC2)C1. The third-order valence-electron chi connectivity index (χ3n) is 3.75. The summed E-state index contributed by atoms with van der Waals surface area (Å²) in [6.45, 7) is 7.79. The second kappa shape index (κ2) is 5.80. The van der Waals surface area contributed by atoms with Crippen molar-refractivity contribution < 1.29 is 4.79 Å². The Kier molecular flexibility index (Phi) is 4.36. The Balaban J connectivity index is 1.60. The lowest BCUT2D eigenvalue weighted by Crippen LogP contribution is -2.62. The maximum atomic E-state index is 11.5. The minimum absolute atomic E-state index is 0.232. The molecule has 5 nitrogen and oxygen atoms in total. The molecule has 2 heterocycles. The third-order valence-corrected chi connectivity index (χ3v) is 3.75. The summed E-state index contributed by atoms with van der Waals surface area (Å²) in [5.41, 5.74) is 0. The number of hydrogen-bond acceptors (Lipinski definition) is 4. The summed E-state index contributed by atoms with van der Waals surface area (Å²) >= 11 is 0. The number of carbonyl (C=O) groups is 1. The van der Waals surface area contributed by atoms with Gasteiger partial charge in [-0.2, -0.15) is 0 Å². The van der Waals surface area contributed by atoms with Crippen molar-refractivity contribution in [3.63, 3.8) is 0 Å². The van der Waals surface area contributed by atoms with Gasteiger partial charge in [0.1, 0.15) is 0 Å². The summed E-state index contributed by atoms with van der Waals surface area (Å²) in [6.07, 6.45) is 0.654. The molecule has 2 saturated heterocycles. The monoisotopic (exact) mass is 240 g/mol. The van der Waals surface area contributed by atoms with Gasteiger partial charge in [0.2, 0.25) is 5.91 Å². The molecule has 0 bridgehead atoms. The van der Waals surface area contributed by atoms with Gasteiger partial charge >= 0.3 is 0 Å². The van der Waals surface area contributed by atoms with E-state index < -0.39 is 0 Å². The van der Waals surface area contributed by atoms with Crippen LogP contribution in [0, 0.1) is 0 Å². The Morgan fingerprint density at radius 1 is 1.29 bits per heavy atom. The molecule has 1 amide bonds. The molecule has 0 atom stereocenters. The molecule has 0 aliphatic carbocycles. The number of carbonyl (C=O) groups excluding carboxylic acids is 1. The molecule has 0 aromatic rings. The van der Waals surface area contributed by atoms with Gasteiger partial charge in [0.05, 0.1) is 0 Å². The second-order valence-electron chi connectivity index (χ2n) is 5.24. The zero-order valence-electron chi connectivity index (χ0n) is 11.0. The first-order chi connectivity index (χ1) is 8.16. The summed E-state index contributed by atoms with van der Waals surface area (Å²) < 4.78 is 0. The van der Waals surface area contributed by atoms with Gasteiger partial charge < -0.3 is 10.2 Å². The summed E-state index contributed by atoms with van der Waals surface area (Å²) in [5, 5.41) is 3.38. The van der Waals surface area contributed by atoms with Crippen molar-refractivity contribution in [3.05, 3.63) is 0 Å². The van der Waals surface area contributed by atoms with Crippen molar-refractivity contribution >= 4 is 5.91 Å². The largest absolute Gasteiger partial charge is 0.349 e. The van der Waals surface area contributed by atoms with Crippen LogP contribution in [0.5, 0.6) is 0 Å². The third kappa shape index (κ3) is 3.40. The van der Waals surface area contributed by atoms with E-state index in [4.69, 9.17) is 0 Å². The van der Waals surface area contributed by atoms with Crippen LogP contribution in [-0.2, 0) is 4.79 Å². The summed E-state index contributed by atoms with van der Waals surface area (Å²) in [5.74, 6) is 0.232. The molecule has 0 spiro atoms. The summed E-state index contributed by atoms with van der Waals surface area (Å²) in [4.78, 5) is 18.1. The smallest absolute Gasteiger partial charge is 0.223 e. The van der Waals surface area contributed by atoms with Crippen LogP contribution in [0.1, 0.15) is 6.42 Å². The van der Waals surface area contributed by atoms with Crippen LogP contribution >= 0.6 is 0 Å². The van der Waals surface area contributed by atoms with Gasteiger partial charge in [0.25, 0.3) is 0 Å². The molecule has 0 unspecified atom stereocenters. The Morgan fingerprint density at radius 2 is 1.94 bits per heavy atom. The first-order valence-corrected chi connectivity index (χ1v) is 6.54. The highest BCUT2D eigenvalue weighted by molar-refractivity contribution is 5.75. The highest BCUT2D eigenvalue weighted by Crippen LogP contribution is 2.15. The maximum Gasteiger partial charge on any atom is 0.223 e. The lowest BCUT2D eigenvalue weighted by atomic mass is 10.1. The van der Waals surface area contributed by atoms with E-state index >= 15 is 0 Å². The maximum absolute atomic E-state index is 11.5. The number of piperazine rings is 1. The molecule has 2 rings (SSSR count). The van der Waals surface area contributed by atoms with Gasteiger partial charge in [-0.1, -0.05) is 0 Å². The molecule has 2 aliphatic rings. The topological polar surface area (TPSA) is 38.8 Å². The lowest BCUT2D eigenvalue weighted by molar-refractivity contribution is -0.129. The summed E-state index contributed by atoms with van der Waals surface area (Å²) in [7, 11) is 3.64. The van der Waals surface area contributed by atoms with Gasteiger partial charge in [0, 0.05) is 72.4 Å². The summed E-state index contributed by atoms with van der Waals surface area (Å²) in [6, 6.07) is 0.728. The fraction of sp³-hybridized carbons (Fsp3) is 0.917. The minimum atomic E-state index is 0.232. The van der Waals surface area contributed by atoms with Gasteiger partial charge in [-0.05, 0) is 0 Å². The van der Waals surface area contributed by atoms with Crippen molar-refractivity contribution in [2.45, 2.75) is 12.5 Å². The molecular formula is C12H24N4O. The van der Waals surface area contributed by atoms with E-state index in [0.29, 0.717) is 6.42 Å². The van der Waals surface area contributed by atoms with E-state index in [1.54, 1.807) is 4.90 Å². The number of nitrogens with one attached hydrogen (secondary N) is 1. The predicted molar refractivity (Wildman–Crippen MR) is 68.0 cm³/mol. The molecule has 1 N–H and O–H groups in total.